The van der Waals surface area contributed by atoms with Crippen LogP contribution in [0.15, 0.2) is 6.20 Å². The molecule has 0 N–H and O–H groups in total. The first-order valence-corrected chi connectivity index (χ1v) is 6.76. The van der Waals surface area contributed by atoms with Gasteiger partial charge < -0.3 is 0 Å². The molecular formula is C14H27N2+. The summed E-state index contributed by atoms with van der Waals surface area (Å²) in [6.07, 6.45) is 8.88. The standard InChI is InChI=1S/C14H27N2/c1-5-7-8-9-11-15-12-13(3)16(10-6-2)14(15)4/h12H,5-11H2,1-4H3/q+1. The topological polar surface area (TPSA) is 8.81 Å². The van der Waals surface area contributed by atoms with Gasteiger partial charge in [0.05, 0.1) is 13.1 Å². The summed E-state index contributed by atoms with van der Waals surface area (Å²) in [6.45, 7) is 11.3. The SMILES string of the molecule is CCCCCC[n+]1cc(C)n(CCC)c1C. The van der Waals surface area contributed by atoms with Gasteiger partial charge in [0, 0.05) is 13.8 Å². The van der Waals surface area contributed by atoms with Crippen molar-refractivity contribution in [1.82, 2.24) is 4.57 Å². The molecule has 0 aliphatic rings. The molecule has 0 unspecified atom stereocenters. The van der Waals surface area contributed by atoms with E-state index >= 15 is 0 Å². The molecule has 0 aromatic carbocycles. The summed E-state index contributed by atoms with van der Waals surface area (Å²) >= 11 is 0. The van der Waals surface area contributed by atoms with Crippen molar-refractivity contribution in [3.63, 3.8) is 0 Å². The monoisotopic (exact) mass is 223 g/mol. The minimum absolute atomic E-state index is 1.15. The molecule has 0 atom stereocenters. The molecule has 16 heavy (non-hydrogen) atoms. The summed E-state index contributed by atoms with van der Waals surface area (Å²) in [7, 11) is 0. The van der Waals surface area contributed by atoms with Gasteiger partial charge in [-0.3, -0.25) is 0 Å². The van der Waals surface area contributed by atoms with Gasteiger partial charge in [-0.25, -0.2) is 9.13 Å². The predicted octanol–water partition coefficient (Wildman–Crippen LogP) is 3.38. The molecule has 0 aliphatic heterocycles. The maximum Gasteiger partial charge on any atom is 0.253 e. The highest BCUT2D eigenvalue weighted by atomic mass is 15.2. The lowest BCUT2D eigenvalue weighted by Gasteiger charge is -2.00. The number of unbranched alkanes of at least 4 members (excludes halogenated alkanes) is 3. The zero-order valence-corrected chi connectivity index (χ0v) is 11.4. The largest absolute Gasteiger partial charge is 0.253 e. The zero-order valence-electron chi connectivity index (χ0n) is 11.4. The molecular weight excluding hydrogens is 196 g/mol. The Balaban J connectivity index is 2.56. The molecule has 1 heterocycles. The van der Waals surface area contributed by atoms with Crippen LogP contribution in [0.4, 0.5) is 0 Å². The summed E-state index contributed by atoms with van der Waals surface area (Å²) < 4.78 is 4.85. The molecule has 0 radical (unpaired) electrons. The van der Waals surface area contributed by atoms with Gasteiger partial charge in [0.1, 0.15) is 11.9 Å². The van der Waals surface area contributed by atoms with Crippen LogP contribution in [0.5, 0.6) is 0 Å². The Morgan fingerprint density at radius 1 is 1.06 bits per heavy atom. The molecule has 0 saturated heterocycles. The van der Waals surface area contributed by atoms with Crippen molar-refractivity contribution in [3.8, 4) is 0 Å². The molecule has 1 aromatic rings. The van der Waals surface area contributed by atoms with E-state index in [2.05, 4.69) is 43.0 Å². The van der Waals surface area contributed by atoms with Crippen LogP contribution in [0.2, 0.25) is 0 Å². The first-order chi connectivity index (χ1) is 7.70. The molecule has 0 aliphatic carbocycles. The van der Waals surface area contributed by atoms with Crippen LogP contribution in [0, 0.1) is 13.8 Å². The number of nitrogens with zero attached hydrogens (tertiary/aromatic N) is 2. The lowest BCUT2D eigenvalue weighted by Crippen LogP contribution is -2.35. The molecule has 0 bridgehead atoms. The van der Waals surface area contributed by atoms with Crippen LogP contribution >= 0.6 is 0 Å². The zero-order chi connectivity index (χ0) is 12.0. The minimum atomic E-state index is 1.15. The average molecular weight is 223 g/mol. The van der Waals surface area contributed by atoms with E-state index in [1.54, 1.807) is 0 Å². The lowest BCUT2D eigenvalue weighted by molar-refractivity contribution is -0.703. The predicted molar refractivity (Wildman–Crippen MR) is 68.5 cm³/mol. The summed E-state index contributed by atoms with van der Waals surface area (Å²) in [5, 5.41) is 0. The first-order valence-electron chi connectivity index (χ1n) is 6.76. The number of rotatable bonds is 7. The third kappa shape index (κ3) is 3.36. The molecule has 0 spiro atoms. The van der Waals surface area contributed by atoms with E-state index in [1.807, 2.05) is 0 Å². The molecule has 0 amide bonds. The van der Waals surface area contributed by atoms with E-state index in [-0.39, 0.29) is 0 Å². The van der Waals surface area contributed by atoms with Crippen molar-refractivity contribution in [1.29, 1.82) is 0 Å². The van der Waals surface area contributed by atoms with Gasteiger partial charge in [0.25, 0.3) is 5.82 Å². The quantitative estimate of drug-likeness (QED) is 0.495. The van der Waals surface area contributed by atoms with Crippen molar-refractivity contribution in [2.45, 2.75) is 72.9 Å². The van der Waals surface area contributed by atoms with Gasteiger partial charge in [-0.1, -0.05) is 26.7 Å². The number of imidazole rings is 1. The Labute approximate surface area is 100 Å². The average Bonchev–Trinajstić information content (AvgIpc) is 2.53. The van der Waals surface area contributed by atoms with Gasteiger partial charge in [0.2, 0.25) is 0 Å². The van der Waals surface area contributed by atoms with Gasteiger partial charge in [-0.05, 0) is 19.3 Å². The fourth-order valence-corrected chi connectivity index (χ4v) is 2.30. The summed E-state index contributed by atoms with van der Waals surface area (Å²) in [5.74, 6) is 1.41. The normalized spacial score (nSPS) is 11.0. The van der Waals surface area contributed by atoms with Crippen LogP contribution < -0.4 is 4.57 Å². The second kappa shape index (κ2) is 6.72. The first kappa shape index (κ1) is 13.3. The summed E-state index contributed by atoms with van der Waals surface area (Å²) in [4.78, 5) is 0. The van der Waals surface area contributed by atoms with Crippen molar-refractivity contribution < 1.29 is 4.57 Å². The van der Waals surface area contributed by atoms with E-state index < -0.39 is 0 Å². The maximum atomic E-state index is 2.43. The molecule has 1 rings (SSSR count). The Morgan fingerprint density at radius 3 is 2.44 bits per heavy atom. The number of hydrogen-bond acceptors (Lipinski definition) is 0. The highest BCUT2D eigenvalue weighted by Crippen LogP contribution is 2.05. The van der Waals surface area contributed by atoms with Gasteiger partial charge in [0.15, 0.2) is 0 Å². The highest BCUT2D eigenvalue weighted by molar-refractivity contribution is 4.94. The maximum absolute atomic E-state index is 2.43. The van der Waals surface area contributed by atoms with E-state index in [1.165, 1.54) is 50.2 Å². The van der Waals surface area contributed by atoms with E-state index in [0.29, 0.717) is 0 Å². The third-order valence-corrected chi connectivity index (χ3v) is 3.27. The third-order valence-electron chi connectivity index (χ3n) is 3.27. The molecule has 2 nitrogen and oxygen atoms in total. The van der Waals surface area contributed by atoms with Gasteiger partial charge >= 0.3 is 0 Å². The van der Waals surface area contributed by atoms with Crippen molar-refractivity contribution in [2.24, 2.45) is 0 Å². The minimum Gasteiger partial charge on any atom is -0.234 e. The Bertz CT molecular complexity index is 313. The number of aromatic nitrogens is 2. The fourth-order valence-electron chi connectivity index (χ4n) is 2.30. The molecule has 1 aromatic heterocycles. The van der Waals surface area contributed by atoms with Crippen LogP contribution in [0.25, 0.3) is 0 Å². The smallest absolute Gasteiger partial charge is 0.234 e. The summed E-state index contributed by atoms with van der Waals surface area (Å²) in [6, 6.07) is 0. The summed E-state index contributed by atoms with van der Waals surface area (Å²) in [5.41, 5.74) is 1.40. The second-order valence-electron chi connectivity index (χ2n) is 4.72. The number of hydrogen-bond donors (Lipinski definition) is 0. The van der Waals surface area contributed by atoms with Crippen molar-refractivity contribution in [3.05, 3.63) is 17.7 Å². The van der Waals surface area contributed by atoms with E-state index in [0.717, 1.165) is 6.54 Å². The van der Waals surface area contributed by atoms with Crippen molar-refractivity contribution in [2.75, 3.05) is 0 Å². The molecule has 0 fully saturated rings. The van der Waals surface area contributed by atoms with Crippen LogP contribution in [0.3, 0.4) is 0 Å². The Kier molecular flexibility index (Phi) is 5.58. The Morgan fingerprint density at radius 2 is 1.81 bits per heavy atom. The van der Waals surface area contributed by atoms with Gasteiger partial charge in [-0.15, -0.1) is 0 Å². The molecule has 0 saturated carbocycles. The van der Waals surface area contributed by atoms with Crippen molar-refractivity contribution >= 4 is 0 Å². The molecule has 2 heteroatoms. The van der Waals surface area contributed by atoms with Gasteiger partial charge in [-0.2, -0.15) is 0 Å². The second-order valence-corrected chi connectivity index (χ2v) is 4.72. The van der Waals surface area contributed by atoms with E-state index in [4.69, 9.17) is 0 Å². The molecule has 92 valence electrons. The number of aryl methyl sites for hydroxylation is 2. The Hall–Kier alpha value is -0.790. The van der Waals surface area contributed by atoms with Crippen LogP contribution in [-0.2, 0) is 13.1 Å². The van der Waals surface area contributed by atoms with Crippen LogP contribution in [0.1, 0.15) is 57.5 Å². The van der Waals surface area contributed by atoms with E-state index in [9.17, 15) is 0 Å². The lowest BCUT2D eigenvalue weighted by atomic mass is 10.2. The highest BCUT2D eigenvalue weighted by Gasteiger charge is 2.15. The van der Waals surface area contributed by atoms with Crippen LogP contribution in [-0.4, -0.2) is 4.57 Å². The fraction of sp³-hybridized carbons (Fsp3) is 0.786.